The van der Waals surface area contributed by atoms with E-state index < -0.39 is 0 Å². The molecule has 0 spiro atoms. The fraction of sp³-hybridized carbons (Fsp3) is 0.611. The Kier molecular flexibility index (Phi) is 7.68. The molecule has 24 heavy (non-hydrogen) atoms. The largest absolute Gasteiger partial charge is 0.508 e. The number of hydrogen-bond donors (Lipinski definition) is 3. The Labute approximate surface area is 144 Å². The van der Waals surface area contributed by atoms with Crippen molar-refractivity contribution in [3.63, 3.8) is 0 Å². The minimum atomic E-state index is 0.256. The maximum atomic E-state index is 9.94. The molecular weight excluding hydrogens is 306 g/mol. The molecular formula is C18H29N3O3. The third kappa shape index (κ3) is 6.66. The summed E-state index contributed by atoms with van der Waals surface area (Å²) < 4.78 is 10.7. The number of hydrogen-bond acceptors (Lipinski definition) is 4. The monoisotopic (exact) mass is 335 g/mol. The van der Waals surface area contributed by atoms with Gasteiger partial charge in [-0.2, -0.15) is 0 Å². The van der Waals surface area contributed by atoms with Crippen molar-refractivity contribution in [3.05, 3.63) is 23.8 Å². The number of methoxy groups -OCH3 is 1. The molecule has 1 aliphatic carbocycles. The zero-order chi connectivity index (χ0) is 17.2. The number of aromatic hydroxyl groups is 1. The number of nitrogens with one attached hydrogen (secondary N) is 2. The van der Waals surface area contributed by atoms with Crippen LogP contribution in [0.4, 0.5) is 0 Å². The standard InChI is InChI=1S/C18H29N3O3/c1-19-18(20-9-3-11-24-13-14-4-5-14)21-10-8-15-6-7-16(23-2)12-17(15)22/h6-7,12,14,22H,3-5,8-11,13H2,1-2H3,(H2,19,20,21). The van der Waals surface area contributed by atoms with Crippen molar-refractivity contribution >= 4 is 5.96 Å². The van der Waals surface area contributed by atoms with E-state index >= 15 is 0 Å². The highest BCUT2D eigenvalue weighted by molar-refractivity contribution is 5.79. The van der Waals surface area contributed by atoms with Crippen LogP contribution in [-0.4, -0.2) is 51.5 Å². The maximum absolute atomic E-state index is 9.94. The first-order valence-corrected chi connectivity index (χ1v) is 8.61. The van der Waals surface area contributed by atoms with Crippen molar-refractivity contribution < 1.29 is 14.6 Å². The number of benzene rings is 1. The van der Waals surface area contributed by atoms with Crippen LogP contribution in [0.25, 0.3) is 0 Å². The molecule has 134 valence electrons. The Hall–Kier alpha value is -1.95. The van der Waals surface area contributed by atoms with Gasteiger partial charge in [-0.05, 0) is 43.2 Å². The molecule has 1 aliphatic rings. The second-order valence-electron chi connectivity index (χ2n) is 6.04. The smallest absolute Gasteiger partial charge is 0.190 e. The van der Waals surface area contributed by atoms with Gasteiger partial charge < -0.3 is 25.2 Å². The minimum absolute atomic E-state index is 0.256. The summed E-state index contributed by atoms with van der Waals surface area (Å²) in [5.74, 6) is 2.50. The lowest BCUT2D eigenvalue weighted by atomic mass is 10.1. The van der Waals surface area contributed by atoms with Crippen LogP contribution in [0, 0.1) is 5.92 Å². The third-order valence-electron chi connectivity index (χ3n) is 4.01. The van der Waals surface area contributed by atoms with E-state index in [1.807, 2.05) is 12.1 Å². The summed E-state index contributed by atoms with van der Waals surface area (Å²) in [4.78, 5) is 4.20. The first-order valence-electron chi connectivity index (χ1n) is 8.61. The van der Waals surface area contributed by atoms with Gasteiger partial charge in [0, 0.05) is 39.4 Å². The Morgan fingerprint density at radius 3 is 2.75 bits per heavy atom. The van der Waals surface area contributed by atoms with Crippen LogP contribution in [0.3, 0.4) is 0 Å². The van der Waals surface area contributed by atoms with Gasteiger partial charge in [-0.15, -0.1) is 0 Å². The molecule has 6 heteroatoms. The molecule has 0 heterocycles. The zero-order valence-electron chi connectivity index (χ0n) is 14.7. The molecule has 1 saturated carbocycles. The summed E-state index contributed by atoms with van der Waals surface area (Å²) in [6, 6.07) is 5.36. The molecule has 0 atom stereocenters. The Morgan fingerprint density at radius 1 is 1.29 bits per heavy atom. The van der Waals surface area contributed by atoms with Crippen molar-refractivity contribution in [3.8, 4) is 11.5 Å². The molecule has 6 nitrogen and oxygen atoms in total. The zero-order valence-corrected chi connectivity index (χ0v) is 14.7. The van der Waals surface area contributed by atoms with Gasteiger partial charge in [-0.1, -0.05) is 6.07 Å². The van der Waals surface area contributed by atoms with Crippen LogP contribution in [0.2, 0.25) is 0 Å². The lowest BCUT2D eigenvalue weighted by Gasteiger charge is -2.12. The second-order valence-corrected chi connectivity index (χ2v) is 6.04. The highest BCUT2D eigenvalue weighted by Gasteiger charge is 2.20. The van der Waals surface area contributed by atoms with Crippen LogP contribution < -0.4 is 15.4 Å². The summed E-state index contributed by atoms with van der Waals surface area (Å²) in [6.07, 6.45) is 4.34. The minimum Gasteiger partial charge on any atom is -0.508 e. The molecule has 0 amide bonds. The first kappa shape index (κ1) is 18.4. The topological polar surface area (TPSA) is 75.1 Å². The van der Waals surface area contributed by atoms with Crippen LogP contribution in [0.15, 0.2) is 23.2 Å². The average molecular weight is 335 g/mol. The van der Waals surface area contributed by atoms with E-state index in [1.165, 1.54) is 12.8 Å². The molecule has 0 bridgehead atoms. The molecule has 0 aliphatic heterocycles. The van der Waals surface area contributed by atoms with Crippen molar-refractivity contribution in [1.29, 1.82) is 0 Å². The van der Waals surface area contributed by atoms with Crippen molar-refractivity contribution in [2.24, 2.45) is 10.9 Å². The van der Waals surface area contributed by atoms with Gasteiger partial charge >= 0.3 is 0 Å². The van der Waals surface area contributed by atoms with E-state index in [2.05, 4.69) is 15.6 Å². The molecule has 3 N–H and O–H groups in total. The predicted molar refractivity (Wildman–Crippen MR) is 95.9 cm³/mol. The molecule has 0 radical (unpaired) electrons. The fourth-order valence-electron chi connectivity index (χ4n) is 2.33. The summed E-state index contributed by atoms with van der Waals surface area (Å²) in [6.45, 7) is 3.23. The van der Waals surface area contributed by atoms with Crippen LogP contribution in [-0.2, 0) is 11.2 Å². The van der Waals surface area contributed by atoms with Crippen molar-refractivity contribution in [2.75, 3.05) is 40.5 Å². The quantitative estimate of drug-likeness (QED) is 0.346. The summed E-state index contributed by atoms with van der Waals surface area (Å²) in [7, 11) is 3.34. The van der Waals surface area contributed by atoms with Crippen LogP contribution >= 0.6 is 0 Å². The van der Waals surface area contributed by atoms with E-state index in [4.69, 9.17) is 9.47 Å². The summed E-state index contributed by atoms with van der Waals surface area (Å²) >= 11 is 0. The van der Waals surface area contributed by atoms with Gasteiger partial charge in [0.1, 0.15) is 11.5 Å². The number of ether oxygens (including phenoxy) is 2. The maximum Gasteiger partial charge on any atom is 0.190 e. The number of guanidine groups is 1. The van der Waals surface area contributed by atoms with E-state index in [0.717, 1.165) is 43.6 Å². The van der Waals surface area contributed by atoms with E-state index in [1.54, 1.807) is 20.2 Å². The number of nitrogens with zero attached hydrogens (tertiary/aromatic N) is 1. The highest BCUT2D eigenvalue weighted by atomic mass is 16.5. The molecule has 0 unspecified atom stereocenters. The Balaban J connectivity index is 1.58. The average Bonchev–Trinajstić information content (AvgIpc) is 3.41. The SMILES string of the molecule is CN=C(NCCCOCC1CC1)NCCc1ccc(OC)cc1O. The molecule has 0 saturated heterocycles. The number of rotatable bonds is 10. The van der Waals surface area contributed by atoms with Gasteiger partial charge in [0.15, 0.2) is 5.96 Å². The van der Waals surface area contributed by atoms with Crippen molar-refractivity contribution in [1.82, 2.24) is 10.6 Å². The molecule has 1 aromatic carbocycles. The molecule has 2 rings (SSSR count). The van der Waals surface area contributed by atoms with E-state index in [9.17, 15) is 5.11 Å². The summed E-state index contributed by atoms with van der Waals surface area (Å²) in [5, 5.41) is 16.5. The molecule has 1 fully saturated rings. The predicted octanol–water partition coefficient (Wildman–Crippen LogP) is 1.92. The van der Waals surface area contributed by atoms with Gasteiger partial charge in [0.2, 0.25) is 0 Å². The molecule has 0 aromatic heterocycles. The lowest BCUT2D eigenvalue weighted by Crippen LogP contribution is -2.39. The molecule has 1 aromatic rings. The lowest BCUT2D eigenvalue weighted by molar-refractivity contribution is 0.123. The summed E-state index contributed by atoms with van der Waals surface area (Å²) in [5.41, 5.74) is 0.882. The first-order chi connectivity index (χ1) is 11.7. The van der Waals surface area contributed by atoms with E-state index in [-0.39, 0.29) is 5.75 Å². The number of phenols is 1. The van der Waals surface area contributed by atoms with Crippen LogP contribution in [0.1, 0.15) is 24.8 Å². The highest BCUT2D eigenvalue weighted by Crippen LogP contribution is 2.28. The Morgan fingerprint density at radius 2 is 2.08 bits per heavy atom. The van der Waals surface area contributed by atoms with E-state index in [0.29, 0.717) is 18.7 Å². The van der Waals surface area contributed by atoms with Gasteiger partial charge in [0.25, 0.3) is 0 Å². The second kappa shape index (κ2) is 10.0. The third-order valence-corrected chi connectivity index (χ3v) is 4.01. The van der Waals surface area contributed by atoms with Crippen molar-refractivity contribution in [2.45, 2.75) is 25.7 Å². The van der Waals surface area contributed by atoms with Gasteiger partial charge in [-0.25, -0.2) is 0 Å². The fourth-order valence-corrected chi connectivity index (χ4v) is 2.33. The Bertz CT molecular complexity index is 530. The van der Waals surface area contributed by atoms with Crippen LogP contribution in [0.5, 0.6) is 11.5 Å². The number of aliphatic imine (C=N–C) groups is 1. The normalized spacial score (nSPS) is 14.5. The number of phenolic OH excluding ortho intramolecular Hbond substituents is 1. The van der Waals surface area contributed by atoms with Gasteiger partial charge in [-0.3, -0.25) is 4.99 Å². The van der Waals surface area contributed by atoms with Gasteiger partial charge in [0.05, 0.1) is 7.11 Å².